The third kappa shape index (κ3) is 4.17. The fraction of sp³-hybridized carbons (Fsp3) is 0.208. The second-order valence-corrected chi connectivity index (χ2v) is 9.17. The van der Waals surface area contributed by atoms with Gasteiger partial charge in [0.05, 0.1) is 22.0 Å². The first-order valence-corrected chi connectivity index (χ1v) is 12.1. The molecule has 30 heavy (non-hydrogen) atoms. The molecule has 4 nitrogen and oxygen atoms in total. The topological polar surface area (TPSA) is 41.9 Å². The molecule has 4 heterocycles. The molecule has 0 saturated carbocycles. The number of rotatable bonds is 5. The van der Waals surface area contributed by atoms with E-state index in [0.717, 1.165) is 53.7 Å². The van der Waals surface area contributed by atoms with E-state index in [-0.39, 0.29) is 0 Å². The predicted octanol–water partition coefficient (Wildman–Crippen LogP) is 5.55. The van der Waals surface area contributed by atoms with Crippen LogP contribution in [0, 0.1) is 0 Å². The van der Waals surface area contributed by atoms with E-state index in [1.54, 1.807) is 23.1 Å². The van der Waals surface area contributed by atoms with E-state index in [0.29, 0.717) is 0 Å². The average molecular weight is 431 g/mol. The molecule has 0 spiro atoms. The van der Waals surface area contributed by atoms with Gasteiger partial charge >= 0.3 is 0 Å². The van der Waals surface area contributed by atoms with Crippen LogP contribution in [0.4, 0.5) is 0 Å². The van der Waals surface area contributed by atoms with Crippen LogP contribution in [-0.2, 0) is 19.5 Å². The Morgan fingerprint density at radius 2 is 1.93 bits per heavy atom. The first-order chi connectivity index (χ1) is 14.8. The number of nitrogens with zero attached hydrogens (tertiary/aromatic N) is 4. The Labute approximate surface area is 185 Å². The lowest BCUT2D eigenvalue weighted by atomic mass is 10.1. The lowest BCUT2D eigenvalue weighted by molar-refractivity contribution is 0.240. The Morgan fingerprint density at radius 3 is 2.73 bits per heavy atom. The number of pyridine rings is 1. The summed E-state index contributed by atoms with van der Waals surface area (Å²) in [5, 5.41) is 2.07. The van der Waals surface area contributed by atoms with Crippen LogP contribution in [0.1, 0.15) is 17.0 Å². The summed E-state index contributed by atoms with van der Waals surface area (Å²) in [4.78, 5) is 19.2. The first-order valence-electron chi connectivity index (χ1n) is 10.00. The van der Waals surface area contributed by atoms with Crippen molar-refractivity contribution in [2.75, 3.05) is 12.8 Å². The van der Waals surface area contributed by atoms with Crippen LogP contribution in [0.15, 0.2) is 71.1 Å². The smallest absolute Gasteiger partial charge is 0.169 e. The second-order valence-electron chi connectivity index (χ2n) is 7.35. The summed E-state index contributed by atoms with van der Waals surface area (Å²) in [6.45, 7) is 2.69. The molecular weight excluding hydrogens is 408 g/mol. The molecular formula is C24H22N4S2. The van der Waals surface area contributed by atoms with E-state index in [2.05, 4.69) is 70.1 Å². The minimum Gasteiger partial charge on any atom is -0.293 e. The summed E-state index contributed by atoms with van der Waals surface area (Å²) in [5.41, 5.74) is 5.70. The van der Waals surface area contributed by atoms with Crippen molar-refractivity contribution in [3.05, 3.63) is 83.1 Å². The standard InChI is InChI=1S/C24H22N4S2/c1-29-20-9-7-17(8-10-20)21-5-2-4-19(26-21)16-28-12-11-22-18(15-28)14-25-24(27-22)23-6-3-13-30-23/h2-10,13-14H,11-12,15-16H2,1H3. The number of fused-ring (bicyclic) bond motifs is 1. The van der Waals surface area contributed by atoms with Gasteiger partial charge in [0.25, 0.3) is 0 Å². The zero-order valence-electron chi connectivity index (χ0n) is 16.8. The number of aromatic nitrogens is 3. The van der Waals surface area contributed by atoms with E-state index in [1.165, 1.54) is 16.2 Å². The van der Waals surface area contributed by atoms with Gasteiger partial charge in [-0.1, -0.05) is 24.3 Å². The maximum atomic E-state index is 4.92. The number of hydrogen-bond acceptors (Lipinski definition) is 6. The van der Waals surface area contributed by atoms with Crippen LogP contribution in [0.25, 0.3) is 22.0 Å². The summed E-state index contributed by atoms with van der Waals surface area (Å²) in [7, 11) is 0. The van der Waals surface area contributed by atoms with E-state index in [1.807, 2.05) is 12.3 Å². The molecule has 0 N–H and O–H groups in total. The van der Waals surface area contributed by atoms with Crippen molar-refractivity contribution in [1.29, 1.82) is 0 Å². The summed E-state index contributed by atoms with van der Waals surface area (Å²) in [5.74, 6) is 0.846. The minimum atomic E-state index is 0.836. The Balaban J connectivity index is 1.30. The maximum absolute atomic E-state index is 4.92. The molecule has 6 heteroatoms. The van der Waals surface area contributed by atoms with Gasteiger partial charge in [0.2, 0.25) is 0 Å². The molecule has 5 rings (SSSR count). The molecule has 150 valence electrons. The van der Waals surface area contributed by atoms with Crippen molar-refractivity contribution in [2.45, 2.75) is 24.4 Å². The van der Waals surface area contributed by atoms with E-state index < -0.39 is 0 Å². The number of thioether (sulfide) groups is 1. The highest BCUT2D eigenvalue weighted by Crippen LogP contribution is 2.25. The van der Waals surface area contributed by atoms with Gasteiger partial charge in [-0.05, 0) is 42.0 Å². The van der Waals surface area contributed by atoms with Crippen LogP contribution >= 0.6 is 23.1 Å². The largest absolute Gasteiger partial charge is 0.293 e. The van der Waals surface area contributed by atoms with Crippen molar-refractivity contribution in [3.63, 3.8) is 0 Å². The van der Waals surface area contributed by atoms with Crippen LogP contribution in [0.3, 0.4) is 0 Å². The molecule has 1 aliphatic heterocycles. The quantitative estimate of drug-likeness (QED) is 0.389. The van der Waals surface area contributed by atoms with Crippen LogP contribution in [-0.4, -0.2) is 32.7 Å². The molecule has 0 amide bonds. The third-order valence-corrected chi connectivity index (χ3v) is 6.94. The summed E-state index contributed by atoms with van der Waals surface area (Å²) in [6.07, 6.45) is 5.05. The third-order valence-electron chi connectivity index (χ3n) is 5.33. The van der Waals surface area contributed by atoms with Crippen LogP contribution < -0.4 is 0 Å². The molecule has 1 aliphatic rings. The van der Waals surface area contributed by atoms with Gasteiger partial charge < -0.3 is 0 Å². The Morgan fingerprint density at radius 1 is 1.03 bits per heavy atom. The van der Waals surface area contributed by atoms with Gasteiger partial charge in [0.1, 0.15) is 0 Å². The fourth-order valence-electron chi connectivity index (χ4n) is 3.75. The Kier molecular flexibility index (Phi) is 5.62. The summed E-state index contributed by atoms with van der Waals surface area (Å²) in [6, 6.07) is 19.0. The zero-order chi connectivity index (χ0) is 20.3. The molecule has 0 unspecified atom stereocenters. The first kappa shape index (κ1) is 19.4. The number of hydrogen-bond donors (Lipinski definition) is 0. The molecule has 0 fully saturated rings. The van der Waals surface area contributed by atoms with Crippen molar-refractivity contribution in [1.82, 2.24) is 19.9 Å². The molecule has 0 bridgehead atoms. The summed E-state index contributed by atoms with van der Waals surface area (Å²) >= 11 is 3.44. The van der Waals surface area contributed by atoms with Gasteiger partial charge in [-0.3, -0.25) is 9.88 Å². The van der Waals surface area contributed by atoms with Gasteiger partial charge in [-0.25, -0.2) is 9.97 Å². The average Bonchev–Trinajstić information content (AvgIpc) is 3.34. The van der Waals surface area contributed by atoms with E-state index >= 15 is 0 Å². The summed E-state index contributed by atoms with van der Waals surface area (Å²) < 4.78 is 0. The molecule has 0 saturated heterocycles. The lowest BCUT2D eigenvalue weighted by Gasteiger charge is -2.27. The Hall–Kier alpha value is -2.54. The Bertz CT molecular complexity index is 1140. The van der Waals surface area contributed by atoms with Gasteiger partial charge in [0.15, 0.2) is 5.82 Å². The lowest BCUT2D eigenvalue weighted by Crippen LogP contribution is -2.31. The molecule has 0 aliphatic carbocycles. The highest BCUT2D eigenvalue weighted by Gasteiger charge is 2.19. The van der Waals surface area contributed by atoms with Crippen molar-refractivity contribution in [3.8, 4) is 22.0 Å². The van der Waals surface area contributed by atoms with Crippen LogP contribution in [0.2, 0.25) is 0 Å². The van der Waals surface area contributed by atoms with Crippen molar-refractivity contribution >= 4 is 23.1 Å². The van der Waals surface area contributed by atoms with Gasteiger partial charge in [-0.15, -0.1) is 23.1 Å². The van der Waals surface area contributed by atoms with E-state index in [9.17, 15) is 0 Å². The number of thiophene rings is 1. The SMILES string of the molecule is CSc1ccc(-c2cccc(CN3CCc4nc(-c5cccs5)ncc4C3)n2)cc1. The van der Waals surface area contributed by atoms with Gasteiger partial charge in [0, 0.05) is 48.3 Å². The number of benzene rings is 1. The highest BCUT2D eigenvalue weighted by atomic mass is 32.2. The minimum absolute atomic E-state index is 0.836. The van der Waals surface area contributed by atoms with Gasteiger partial charge in [-0.2, -0.15) is 0 Å². The monoisotopic (exact) mass is 430 g/mol. The molecule has 1 aromatic carbocycles. The normalized spacial score (nSPS) is 13.9. The molecule has 4 aromatic rings. The maximum Gasteiger partial charge on any atom is 0.169 e. The predicted molar refractivity (Wildman–Crippen MR) is 125 cm³/mol. The molecule has 0 radical (unpaired) electrons. The second kappa shape index (κ2) is 8.68. The van der Waals surface area contributed by atoms with Crippen LogP contribution in [0.5, 0.6) is 0 Å². The van der Waals surface area contributed by atoms with Crippen molar-refractivity contribution in [2.24, 2.45) is 0 Å². The van der Waals surface area contributed by atoms with E-state index in [4.69, 9.17) is 9.97 Å². The molecule has 3 aromatic heterocycles. The fourth-order valence-corrected chi connectivity index (χ4v) is 4.83. The zero-order valence-corrected chi connectivity index (χ0v) is 18.4. The van der Waals surface area contributed by atoms with Crippen molar-refractivity contribution < 1.29 is 0 Å². The molecule has 0 atom stereocenters. The highest BCUT2D eigenvalue weighted by molar-refractivity contribution is 7.98.